The minimum Gasteiger partial charge on any atom is -0.379 e. The molecule has 2 heterocycles. The molecular weight excluding hydrogens is 200 g/mol. The van der Waals surface area contributed by atoms with Crippen LogP contribution in [0.2, 0.25) is 0 Å². The Morgan fingerprint density at radius 2 is 2.44 bits per heavy atom. The van der Waals surface area contributed by atoms with Crippen molar-refractivity contribution in [2.45, 2.75) is 44.2 Å². The molecule has 1 fully saturated rings. The molecule has 1 aromatic rings. The van der Waals surface area contributed by atoms with E-state index in [1.165, 1.54) is 24.1 Å². The Morgan fingerprint density at radius 3 is 3.19 bits per heavy atom. The van der Waals surface area contributed by atoms with E-state index in [0.29, 0.717) is 0 Å². The maximum Gasteiger partial charge on any atom is 0.0700 e. The molecular formula is C13H20N2O. The van der Waals surface area contributed by atoms with Crippen LogP contribution in [0.5, 0.6) is 0 Å². The van der Waals surface area contributed by atoms with Crippen LogP contribution < -0.4 is 5.73 Å². The van der Waals surface area contributed by atoms with Crippen LogP contribution >= 0.6 is 0 Å². The Balaban J connectivity index is 2.02. The van der Waals surface area contributed by atoms with Crippen molar-refractivity contribution in [3.05, 3.63) is 23.5 Å². The number of aromatic nitrogens is 1. The molecule has 0 aromatic carbocycles. The Labute approximate surface area is 96.6 Å². The van der Waals surface area contributed by atoms with Crippen molar-refractivity contribution in [1.82, 2.24) is 4.57 Å². The zero-order valence-corrected chi connectivity index (χ0v) is 9.91. The smallest absolute Gasteiger partial charge is 0.0700 e. The fourth-order valence-corrected chi connectivity index (χ4v) is 3.08. The van der Waals surface area contributed by atoms with E-state index in [1.54, 1.807) is 0 Å². The van der Waals surface area contributed by atoms with E-state index in [2.05, 4.69) is 23.8 Å². The molecule has 0 saturated carbocycles. The van der Waals surface area contributed by atoms with Crippen LogP contribution in [0.1, 0.15) is 43.5 Å². The molecule has 2 N–H and O–H groups in total. The van der Waals surface area contributed by atoms with Gasteiger partial charge in [-0.25, -0.2) is 0 Å². The van der Waals surface area contributed by atoms with Gasteiger partial charge < -0.3 is 15.0 Å². The molecule has 3 heteroatoms. The lowest BCUT2D eigenvalue weighted by Gasteiger charge is -2.30. The SMILES string of the molecule is CC1(n2ccc3c2CCCC3N)CCOC1. The summed E-state index contributed by atoms with van der Waals surface area (Å²) in [5.41, 5.74) is 9.13. The molecule has 1 aliphatic heterocycles. The first-order valence-corrected chi connectivity index (χ1v) is 6.25. The number of hydrogen-bond donors (Lipinski definition) is 1. The van der Waals surface area contributed by atoms with Crippen molar-refractivity contribution in [1.29, 1.82) is 0 Å². The second-order valence-electron chi connectivity index (χ2n) is 5.39. The van der Waals surface area contributed by atoms with Crippen molar-refractivity contribution < 1.29 is 4.74 Å². The van der Waals surface area contributed by atoms with E-state index in [-0.39, 0.29) is 11.6 Å². The fourth-order valence-electron chi connectivity index (χ4n) is 3.08. The number of hydrogen-bond acceptors (Lipinski definition) is 2. The topological polar surface area (TPSA) is 40.2 Å². The number of fused-ring (bicyclic) bond motifs is 1. The maximum atomic E-state index is 6.16. The summed E-state index contributed by atoms with van der Waals surface area (Å²) >= 11 is 0. The third kappa shape index (κ3) is 1.42. The van der Waals surface area contributed by atoms with Crippen molar-refractivity contribution in [3.8, 4) is 0 Å². The minimum atomic E-state index is 0.157. The lowest BCUT2D eigenvalue weighted by atomic mass is 9.92. The molecule has 3 nitrogen and oxygen atoms in total. The molecule has 2 unspecified atom stereocenters. The Hall–Kier alpha value is -0.800. The molecule has 16 heavy (non-hydrogen) atoms. The highest BCUT2D eigenvalue weighted by molar-refractivity contribution is 5.29. The van der Waals surface area contributed by atoms with Crippen molar-refractivity contribution >= 4 is 0 Å². The lowest BCUT2D eigenvalue weighted by Crippen LogP contribution is -2.32. The average molecular weight is 220 g/mol. The summed E-state index contributed by atoms with van der Waals surface area (Å²) in [5, 5.41) is 0. The van der Waals surface area contributed by atoms with Crippen LogP contribution in [0.4, 0.5) is 0 Å². The zero-order valence-electron chi connectivity index (χ0n) is 9.91. The predicted molar refractivity (Wildman–Crippen MR) is 63.4 cm³/mol. The molecule has 0 radical (unpaired) electrons. The van der Waals surface area contributed by atoms with E-state index in [4.69, 9.17) is 10.5 Å². The normalized spacial score (nSPS) is 34.0. The average Bonchev–Trinajstić information content (AvgIpc) is 2.85. The van der Waals surface area contributed by atoms with Gasteiger partial charge in [0.25, 0.3) is 0 Å². The van der Waals surface area contributed by atoms with Crippen LogP contribution in [0.15, 0.2) is 12.3 Å². The summed E-state index contributed by atoms with van der Waals surface area (Å²) in [5.74, 6) is 0. The maximum absolute atomic E-state index is 6.16. The van der Waals surface area contributed by atoms with Gasteiger partial charge in [-0.2, -0.15) is 0 Å². The molecule has 1 aromatic heterocycles. The van der Waals surface area contributed by atoms with Crippen LogP contribution in [0.3, 0.4) is 0 Å². The number of ether oxygens (including phenoxy) is 1. The zero-order chi connectivity index (χ0) is 11.2. The van der Waals surface area contributed by atoms with E-state index >= 15 is 0 Å². The molecule has 88 valence electrons. The monoisotopic (exact) mass is 220 g/mol. The fraction of sp³-hybridized carbons (Fsp3) is 0.692. The molecule has 0 amide bonds. The van der Waals surface area contributed by atoms with Gasteiger partial charge in [-0.05, 0) is 44.2 Å². The van der Waals surface area contributed by atoms with Gasteiger partial charge in [-0.15, -0.1) is 0 Å². The quantitative estimate of drug-likeness (QED) is 0.786. The van der Waals surface area contributed by atoms with Gasteiger partial charge in [0.1, 0.15) is 0 Å². The van der Waals surface area contributed by atoms with Gasteiger partial charge in [-0.3, -0.25) is 0 Å². The summed E-state index contributed by atoms with van der Waals surface area (Å²) in [6, 6.07) is 2.46. The summed E-state index contributed by atoms with van der Waals surface area (Å²) in [7, 11) is 0. The van der Waals surface area contributed by atoms with Crippen LogP contribution in [0.25, 0.3) is 0 Å². The largest absolute Gasteiger partial charge is 0.379 e. The predicted octanol–water partition coefficient (Wildman–Crippen LogP) is 1.96. The number of nitrogens with zero attached hydrogens (tertiary/aromatic N) is 1. The van der Waals surface area contributed by atoms with Gasteiger partial charge >= 0.3 is 0 Å². The van der Waals surface area contributed by atoms with Crippen molar-refractivity contribution in [3.63, 3.8) is 0 Å². The van der Waals surface area contributed by atoms with E-state index in [0.717, 1.165) is 26.1 Å². The second kappa shape index (κ2) is 3.60. The highest BCUT2D eigenvalue weighted by atomic mass is 16.5. The summed E-state index contributed by atoms with van der Waals surface area (Å²) in [4.78, 5) is 0. The first kappa shape index (κ1) is 10.4. The second-order valence-corrected chi connectivity index (χ2v) is 5.39. The Kier molecular flexibility index (Phi) is 2.33. The van der Waals surface area contributed by atoms with E-state index < -0.39 is 0 Å². The van der Waals surface area contributed by atoms with Crippen LogP contribution in [-0.2, 0) is 16.7 Å². The molecule has 2 aliphatic rings. The molecule has 0 spiro atoms. The van der Waals surface area contributed by atoms with Crippen LogP contribution in [-0.4, -0.2) is 17.8 Å². The van der Waals surface area contributed by atoms with Gasteiger partial charge in [0.05, 0.1) is 12.1 Å². The third-order valence-corrected chi connectivity index (χ3v) is 4.13. The summed E-state index contributed by atoms with van der Waals surface area (Å²) in [6.45, 7) is 4.01. The standard InChI is InChI=1S/C13H20N2O/c1-13(6-8-16-9-13)15-7-5-10-11(14)3-2-4-12(10)15/h5,7,11H,2-4,6,8-9,14H2,1H3. The highest BCUT2D eigenvalue weighted by Gasteiger charge is 2.34. The lowest BCUT2D eigenvalue weighted by molar-refractivity contribution is 0.160. The van der Waals surface area contributed by atoms with Gasteiger partial charge in [-0.1, -0.05) is 0 Å². The van der Waals surface area contributed by atoms with Crippen molar-refractivity contribution in [2.24, 2.45) is 5.73 Å². The Morgan fingerprint density at radius 1 is 1.56 bits per heavy atom. The van der Waals surface area contributed by atoms with Gasteiger partial charge in [0.15, 0.2) is 0 Å². The first-order chi connectivity index (χ1) is 7.71. The van der Waals surface area contributed by atoms with Gasteiger partial charge in [0.2, 0.25) is 0 Å². The Bertz CT molecular complexity index is 391. The number of nitrogens with two attached hydrogens (primary N) is 1. The molecule has 1 saturated heterocycles. The summed E-state index contributed by atoms with van der Waals surface area (Å²) in [6.07, 6.45) is 6.85. The third-order valence-electron chi connectivity index (χ3n) is 4.13. The van der Waals surface area contributed by atoms with Crippen LogP contribution in [0, 0.1) is 0 Å². The summed E-state index contributed by atoms with van der Waals surface area (Å²) < 4.78 is 7.97. The molecule has 0 bridgehead atoms. The minimum absolute atomic E-state index is 0.157. The van der Waals surface area contributed by atoms with E-state index in [9.17, 15) is 0 Å². The first-order valence-electron chi connectivity index (χ1n) is 6.25. The molecule has 2 atom stereocenters. The number of rotatable bonds is 1. The van der Waals surface area contributed by atoms with Crippen molar-refractivity contribution in [2.75, 3.05) is 13.2 Å². The molecule has 3 rings (SSSR count). The van der Waals surface area contributed by atoms with Gasteiger partial charge in [0, 0.05) is 24.5 Å². The van der Waals surface area contributed by atoms with E-state index in [1.807, 2.05) is 0 Å². The molecule has 1 aliphatic carbocycles. The highest BCUT2D eigenvalue weighted by Crippen LogP contribution is 2.35.